The molecule has 25 heavy (non-hydrogen) atoms. The van der Waals surface area contributed by atoms with Gasteiger partial charge in [0.15, 0.2) is 0 Å². The Kier molecular flexibility index (Phi) is 3.41. The van der Waals surface area contributed by atoms with Gasteiger partial charge in [-0.15, -0.1) is 0 Å². The SMILES string of the molecule is OB(O)c1sccc1-c1nc2ccc3[nH]ncc3c2c2c1CCCC2. The summed E-state index contributed by atoms with van der Waals surface area (Å²) in [5.41, 5.74) is 6.28. The first-order valence-corrected chi connectivity index (χ1v) is 9.33. The summed E-state index contributed by atoms with van der Waals surface area (Å²) >= 11 is 1.36. The number of pyridine rings is 1. The third kappa shape index (κ3) is 2.23. The molecule has 0 saturated heterocycles. The van der Waals surface area contributed by atoms with Crippen LogP contribution in [0.1, 0.15) is 24.0 Å². The standard InChI is InChI=1S/C18H16BN3O2S/c23-19(24)18-12(7-8-25-18)17-11-4-2-1-3-10(11)16-13-9-20-22-14(13)5-6-15(16)21-17/h5-9,23-24H,1-4H2,(H,20,22). The van der Waals surface area contributed by atoms with Crippen LogP contribution in [0.3, 0.4) is 0 Å². The molecule has 3 aromatic heterocycles. The second kappa shape index (κ2) is 5.66. The van der Waals surface area contributed by atoms with Crippen LogP contribution in [-0.4, -0.2) is 32.3 Å². The summed E-state index contributed by atoms with van der Waals surface area (Å²) in [6.07, 6.45) is 6.17. The van der Waals surface area contributed by atoms with Crippen LogP contribution in [0.5, 0.6) is 0 Å². The van der Waals surface area contributed by atoms with E-state index in [1.807, 2.05) is 29.8 Å². The number of fused-ring (bicyclic) bond motifs is 5. The van der Waals surface area contributed by atoms with Gasteiger partial charge in [-0.3, -0.25) is 5.10 Å². The van der Waals surface area contributed by atoms with E-state index in [0.29, 0.717) is 4.78 Å². The molecule has 0 saturated carbocycles. The number of thiophene rings is 1. The molecule has 0 amide bonds. The summed E-state index contributed by atoms with van der Waals surface area (Å²) in [5.74, 6) is 0. The van der Waals surface area contributed by atoms with Gasteiger partial charge >= 0.3 is 7.12 Å². The van der Waals surface area contributed by atoms with Gasteiger partial charge in [-0.05, 0) is 60.4 Å². The average Bonchev–Trinajstić information content (AvgIpc) is 3.29. The van der Waals surface area contributed by atoms with Crippen molar-refractivity contribution >= 4 is 45.0 Å². The fraction of sp³-hybridized carbons (Fsp3) is 0.222. The normalized spacial score (nSPS) is 14.2. The third-order valence-electron chi connectivity index (χ3n) is 5.07. The minimum Gasteiger partial charge on any atom is -0.423 e. The number of nitrogens with one attached hydrogen (secondary N) is 1. The maximum atomic E-state index is 9.71. The molecule has 3 heterocycles. The lowest BCUT2D eigenvalue weighted by molar-refractivity contribution is 0.427. The number of hydrogen-bond donors (Lipinski definition) is 3. The Morgan fingerprint density at radius 1 is 1.08 bits per heavy atom. The molecule has 0 atom stereocenters. The van der Waals surface area contributed by atoms with E-state index in [1.165, 1.54) is 34.3 Å². The number of aromatic nitrogens is 3. The first-order valence-electron chi connectivity index (χ1n) is 8.45. The molecular formula is C18H16BN3O2S. The van der Waals surface area contributed by atoms with Crippen molar-refractivity contribution < 1.29 is 10.0 Å². The lowest BCUT2D eigenvalue weighted by Crippen LogP contribution is -2.29. The fourth-order valence-corrected chi connectivity index (χ4v) is 4.75. The van der Waals surface area contributed by atoms with Crippen LogP contribution in [0.25, 0.3) is 33.1 Å². The van der Waals surface area contributed by atoms with Crippen LogP contribution in [0.15, 0.2) is 29.8 Å². The van der Waals surface area contributed by atoms with E-state index in [0.717, 1.165) is 46.9 Å². The molecule has 3 N–H and O–H groups in total. The highest BCUT2D eigenvalue weighted by Crippen LogP contribution is 2.37. The van der Waals surface area contributed by atoms with Gasteiger partial charge in [0.1, 0.15) is 0 Å². The Bertz CT molecular complexity index is 1100. The Labute approximate surface area is 148 Å². The summed E-state index contributed by atoms with van der Waals surface area (Å²) in [7, 11) is -1.47. The number of H-pyrrole nitrogens is 1. The van der Waals surface area contributed by atoms with Gasteiger partial charge in [-0.1, -0.05) is 0 Å². The van der Waals surface area contributed by atoms with Crippen LogP contribution in [0, 0.1) is 0 Å². The van der Waals surface area contributed by atoms with Crippen LogP contribution in [-0.2, 0) is 12.8 Å². The number of nitrogens with zero attached hydrogens (tertiary/aromatic N) is 2. The Hall–Kier alpha value is -2.22. The number of rotatable bonds is 2. The molecule has 0 unspecified atom stereocenters. The number of aryl methyl sites for hydroxylation is 1. The molecule has 1 aromatic carbocycles. The van der Waals surface area contributed by atoms with Gasteiger partial charge in [0.05, 0.1) is 22.9 Å². The molecule has 5 nitrogen and oxygen atoms in total. The minimum absolute atomic E-state index is 0.559. The number of aromatic amines is 1. The van der Waals surface area contributed by atoms with Crippen LogP contribution in [0.4, 0.5) is 0 Å². The molecule has 0 fully saturated rings. The molecule has 1 aliphatic carbocycles. The Balaban J connectivity index is 1.89. The topological polar surface area (TPSA) is 82.0 Å². The van der Waals surface area contributed by atoms with Crippen LogP contribution >= 0.6 is 11.3 Å². The van der Waals surface area contributed by atoms with Crippen molar-refractivity contribution in [3.05, 3.63) is 40.9 Å². The molecule has 124 valence electrons. The van der Waals surface area contributed by atoms with Crippen LogP contribution < -0.4 is 4.78 Å². The van der Waals surface area contributed by atoms with Gasteiger partial charge in [0, 0.05) is 21.1 Å². The largest absolute Gasteiger partial charge is 0.499 e. The average molecular weight is 349 g/mol. The van der Waals surface area contributed by atoms with E-state index >= 15 is 0 Å². The Morgan fingerprint density at radius 3 is 2.76 bits per heavy atom. The highest BCUT2D eigenvalue weighted by atomic mass is 32.1. The zero-order valence-corrected chi connectivity index (χ0v) is 14.3. The van der Waals surface area contributed by atoms with E-state index in [9.17, 15) is 10.0 Å². The lowest BCUT2D eigenvalue weighted by atomic mass is 9.81. The van der Waals surface area contributed by atoms with Gasteiger partial charge in [0.25, 0.3) is 0 Å². The molecule has 0 bridgehead atoms. The van der Waals surface area contributed by atoms with E-state index in [1.54, 1.807) is 0 Å². The van der Waals surface area contributed by atoms with Gasteiger partial charge < -0.3 is 10.0 Å². The molecular weight excluding hydrogens is 333 g/mol. The zero-order valence-electron chi connectivity index (χ0n) is 13.5. The highest BCUT2D eigenvalue weighted by Gasteiger charge is 2.25. The van der Waals surface area contributed by atoms with Crippen molar-refractivity contribution in [3.63, 3.8) is 0 Å². The molecule has 0 aliphatic heterocycles. The van der Waals surface area contributed by atoms with Crippen molar-refractivity contribution in [1.29, 1.82) is 0 Å². The second-order valence-corrected chi connectivity index (χ2v) is 7.44. The summed E-state index contributed by atoms with van der Waals surface area (Å²) in [4.78, 5) is 4.95. The smallest absolute Gasteiger partial charge is 0.423 e. The molecule has 1 aliphatic rings. The van der Waals surface area contributed by atoms with E-state index < -0.39 is 7.12 Å². The van der Waals surface area contributed by atoms with Gasteiger partial charge in [-0.25, -0.2) is 4.98 Å². The van der Waals surface area contributed by atoms with Crippen LogP contribution in [0.2, 0.25) is 0 Å². The van der Waals surface area contributed by atoms with E-state index in [-0.39, 0.29) is 0 Å². The Morgan fingerprint density at radius 2 is 1.92 bits per heavy atom. The quantitative estimate of drug-likeness (QED) is 0.486. The fourth-order valence-electron chi connectivity index (χ4n) is 3.99. The predicted molar refractivity (Wildman–Crippen MR) is 101 cm³/mol. The minimum atomic E-state index is -1.47. The molecule has 5 rings (SSSR count). The van der Waals surface area contributed by atoms with E-state index in [2.05, 4.69) is 10.2 Å². The van der Waals surface area contributed by atoms with Crippen molar-refractivity contribution in [3.8, 4) is 11.3 Å². The zero-order chi connectivity index (χ0) is 17.0. The van der Waals surface area contributed by atoms with Crippen molar-refractivity contribution in [2.45, 2.75) is 25.7 Å². The third-order valence-corrected chi connectivity index (χ3v) is 6.03. The van der Waals surface area contributed by atoms with Crippen molar-refractivity contribution in [2.75, 3.05) is 0 Å². The summed E-state index contributed by atoms with van der Waals surface area (Å²) in [5, 5.41) is 30.9. The number of benzene rings is 1. The van der Waals surface area contributed by atoms with Gasteiger partial charge in [-0.2, -0.15) is 16.4 Å². The summed E-state index contributed by atoms with van der Waals surface area (Å²) in [6, 6.07) is 5.97. The molecule has 4 aromatic rings. The monoisotopic (exact) mass is 349 g/mol. The molecule has 0 spiro atoms. The summed E-state index contributed by atoms with van der Waals surface area (Å²) < 4.78 is 0.559. The van der Waals surface area contributed by atoms with Crippen molar-refractivity contribution in [1.82, 2.24) is 15.2 Å². The van der Waals surface area contributed by atoms with E-state index in [4.69, 9.17) is 4.98 Å². The maximum absolute atomic E-state index is 9.71. The van der Waals surface area contributed by atoms with Crippen molar-refractivity contribution in [2.24, 2.45) is 0 Å². The molecule has 7 heteroatoms. The highest BCUT2D eigenvalue weighted by molar-refractivity contribution is 7.21. The number of hydrogen-bond acceptors (Lipinski definition) is 5. The first-order chi connectivity index (χ1) is 12.2. The second-order valence-electron chi connectivity index (χ2n) is 6.49. The predicted octanol–water partition coefficient (Wildman–Crippen LogP) is 2.40. The molecule has 0 radical (unpaired) electrons. The first kappa shape index (κ1) is 15.1. The maximum Gasteiger partial charge on any atom is 0.499 e. The lowest BCUT2D eigenvalue weighted by Gasteiger charge is -2.22. The van der Waals surface area contributed by atoms with Gasteiger partial charge in [0.2, 0.25) is 0 Å². The summed E-state index contributed by atoms with van der Waals surface area (Å²) in [6.45, 7) is 0.